The first-order valence-electron chi connectivity index (χ1n) is 10.1. The van der Waals surface area contributed by atoms with Gasteiger partial charge >= 0.3 is 0 Å². The van der Waals surface area contributed by atoms with Crippen LogP contribution in [0.25, 0.3) is 11.1 Å². The first kappa shape index (κ1) is 21.9. The number of rotatable bonds is 4. The smallest absolute Gasteiger partial charge is 0.164 e. The van der Waals surface area contributed by atoms with Crippen LogP contribution in [-0.4, -0.2) is 63.1 Å². The molecule has 0 unspecified atom stereocenters. The van der Waals surface area contributed by atoms with Gasteiger partial charge in [0.25, 0.3) is 0 Å². The summed E-state index contributed by atoms with van der Waals surface area (Å²) in [5.41, 5.74) is 3.62. The Morgan fingerprint density at radius 1 is 1.16 bits per heavy atom. The fourth-order valence-electron chi connectivity index (χ4n) is 4.51. The maximum absolute atomic E-state index is 10.7. The largest absolute Gasteiger partial charge is 0.497 e. The standard InChI is InChI=1S/C22H24N2O6S/c1-29-12-7-5-11(6-8-12)17-13-3-2-4-15(13)24(22(31)14(17)9-23)21-20(28)19(27)18(26)16(10-25)30-21/h5-8,16,18-21,25-28H,2-4,10H2,1H3/t16-,18+,19+,20-,21+/m0/s1. The molecule has 0 amide bonds. The Balaban J connectivity index is 1.91. The van der Waals surface area contributed by atoms with Crippen molar-refractivity contribution in [2.24, 2.45) is 0 Å². The number of hydrogen-bond acceptors (Lipinski definition) is 8. The highest BCUT2D eigenvalue weighted by atomic mass is 32.1. The van der Waals surface area contributed by atoms with Crippen LogP contribution in [0.3, 0.4) is 0 Å². The summed E-state index contributed by atoms with van der Waals surface area (Å²) in [7, 11) is 1.58. The van der Waals surface area contributed by atoms with Gasteiger partial charge in [0.1, 0.15) is 40.9 Å². The Kier molecular flexibility index (Phi) is 6.12. The average molecular weight is 445 g/mol. The van der Waals surface area contributed by atoms with Crippen molar-refractivity contribution >= 4 is 12.2 Å². The van der Waals surface area contributed by atoms with Gasteiger partial charge in [-0.1, -0.05) is 24.4 Å². The molecule has 1 aromatic carbocycles. The third-order valence-corrected chi connectivity index (χ3v) is 6.48. The molecule has 4 rings (SSSR count). The third kappa shape index (κ3) is 3.55. The minimum absolute atomic E-state index is 0.179. The molecule has 2 heterocycles. The van der Waals surface area contributed by atoms with E-state index in [4.69, 9.17) is 21.7 Å². The Labute approximate surface area is 184 Å². The highest BCUT2D eigenvalue weighted by Crippen LogP contribution is 2.40. The van der Waals surface area contributed by atoms with Gasteiger partial charge in [-0.05, 0) is 42.5 Å². The third-order valence-electron chi connectivity index (χ3n) is 6.08. The van der Waals surface area contributed by atoms with Crippen molar-refractivity contribution in [3.05, 3.63) is 45.7 Å². The van der Waals surface area contributed by atoms with Crippen LogP contribution in [0.4, 0.5) is 0 Å². The van der Waals surface area contributed by atoms with Crippen LogP contribution < -0.4 is 4.74 Å². The molecule has 31 heavy (non-hydrogen) atoms. The zero-order valence-corrected chi connectivity index (χ0v) is 17.7. The van der Waals surface area contributed by atoms with Crippen molar-refractivity contribution in [2.75, 3.05) is 13.7 Å². The molecule has 0 spiro atoms. The number of fused-ring (bicyclic) bond motifs is 1. The SMILES string of the molecule is COc1ccc(-c2c3c(n([C@@H]4O[C@@H](CO)[C@@H](O)[C@@H](O)[C@@H]4O)c(=S)c2C#N)CCC3)cc1. The molecule has 0 radical (unpaired) electrons. The van der Waals surface area contributed by atoms with Gasteiger partial charge in [-0.2, -0.15) is 5.26 Å². The van der Waals surface area contributed by atoms with Crippen molar-refractivity contribution in [3.8, 4) is 22.9 Å². The zero-order chi connectivity index (χ0) is 22.3. The van der Waals surface area contributed by atoms with E-state index >= 15 is 0 Å². The molecule has 1 aliphatic heterocycles. The number of pyridine rings is 1. The van der Waals surface area contributed by atoms with Gasteiger partial charge in [0, 0.05) is 11.3 Å². The molecule has 0 saturated carbocycles. The molecule has 2 aliphatic rings. The molecular weight excluding hydrogens is 420 g/mol. The van der Waals surface area contributed by atoms with E-state index in [0.717, 1.165) is 35.2 Å². The van der Waals surface area contributed by atoms with Gasteiger partial charge in [0.15, 0.2) is 6.23 Å². The lowest BCUT2D eigenvalue weighted by atomic mass is 9.93. The number of aromatic nitrogens is 1. The van der Waals surface area contributed by atoms with E-state index < -0.39 is 37.3 Å². The summed E-state index contributed by atoms with van der Waals surface area (Å²) < 4.78 is 12.7. The van der Waals surface area contributed by atoms with Gasteiger partial charge < -0.3 is 34.5 Å². The zero-order valence-electron chi connectivity index (χ0n) is 16.9. The Morgan fingerprint density at radius 2 is 1.87 bits per heavy atom. The monoisotopic (exact) mass is 444 g/mol. The number of benzene rings is 1. The molecule has 164 valence electrons. The minimum atomic E-state index is -1.53. The second-order valence-corrected chi connectivity index (χ2v) is 8.15. The number of hydrogen-bond donors (Lipinski definition) is 4. The van der Waals surface area contributed by atoms with Crippen LogP contribution in [-0.2, 0) is 17.6 Å². The lowest BCUT2D eigenvalue weighted by Gasteiger charge is -2.41. The maximum atomic E-state index is 10.7. The highest BCUT2D eigenvalue weighted by Gasteiger charge is 2.45. The van der Waals surface area contributed by atoms with E-state index in [1.165, 1.54) is 0 Å². The Morgan fingerprint density at radius 3 is 2.48 bits per heavy atom. The van der Waals surface area contributed by atoms with Gasteiger partial charge in [-0.15, -0.1) is 0 Å². The van der Waals surface area contributed by atoms with E-state index in [1.807, 2.05) is 24.3 Å². The van der Waals surface area contributed by atoms with Crippen LogP contribution >= 0.6 is 12.2 Å². The quantitative estimate of drug-likeness (QED) is 0.519. The molecule has 8 nitrogen and oxygen atoms in total. The van der Waals surface area contributed by atoms with Crippen molar-refractivity contribution in [3.63, 3.8) is 0 Å². The average Bonchev–Trinajstić information content (AvgIpc) is 3.27. The summed E-state index contributed by atoms with van der Waals surface area (Å²) in [5, 5.41) is 50.6. The summed E-state index contributed by atoms with van der Waals surface area (Å²) >= 11 is 5.66. The summed E-state index contributed by atoms with van der Waals surface area (Å²) in [6.07, 6.45) is -4.45. The fourth-order valence-corrected chi connectivity index (χ4v) is 4.87. The lowest BCUT2D eigenvalue weighted by molar-refractivity contribution is -0.252. The number of ether oxygens (including phenoxy) is 2. The molecule has 1 saturated heterocycles. The Hall–Kier alpha value is -2.32. The molecular formula is C22H24N2O6S. The topological polar surface area (TPSA) is 128 Å². The molecule has 5 atom stereocenters. The predicted molar refractivity (Wildman–Crippen MR) is 113 cm³/mol. The van der Waals surface area contributed by atoms with Crippen LogP contribution in [0.1, 0.15) is 29.5 Å². The van der Waals surface area contributed by atoms with Gasteiger partial charge in [0.2, 0.25) is 0 Å². The van der Waals surface area contributed by atoms with E-state index in [-0.39, 0.29) is 10.2 Å². The molecule has 2 aromatic rings. The summed E-state index contributed by atoms with van der Waals surface area (Å²) in [6.45, 7) is -0.536. The van der Waals surface area contributed by atoms with Crippen molar-refractivity contribution in [2.45, 2.75) is 49.9 Å². The van der Waals surface area contributed by atoms with Crippen LogP contribution in [0.15, 0.2) is 24.3 Å². The normalized spacial score (nSPS) is 27.5. The van der Waals surface area contributed by atoms with Crippen LogP contribution in [0, 0.1) is 16.0 Å². The molecule has 1 aromatic heterocycles. The highest BCUT2D eigenvalue weighted by molar-refractivity contribution is 7.71. The summed E-state index contributed by atoms with van der Waals surface area (Å²) in [6, 6.07) is 9.59. The summed E-state index contributed by atoms with van der Waals surface area (Å²) in [5.74, 6) is 0.699. The van der Waals surface area contributed by atoms with E-state index in [9.17, 15) is 25.7 Å². The number of nitriles is 1. The first-order chi connectivity index (χ1) is 14.9. The maximum Gasteiger partial charge on any atom is 0.164 e. The van der Waals surface area contributed by atoms with Crippen LogP contribution in [0.5, 0.6) is 5.75 Å². The summed E-state index contributed by atoms with van der Waals surface area (Å²) in [4.78, 5) is 0. The Bertz CT molecular complexity index is 1080. The van der Waals surface area contributed by atoms with Crippen molar-refractivity contribution in [1.29, 1.82) is 5.26 Å². The predicted octanol–water partition coefficient (Wildman–Crippen LogP) is 1.23. The van der Waals surface area contributed by atoms with Gasteiger partial charge in [-0.25, -0.2) is 0 Å². The van der Waals surface area contributed by atoms with Crippen molar-refractivity contribution in [1.82, 2.24) is 4.57 Å². The van der Waals surface area contributed by atoms with E-state index in [2.05, 4.69) is 6.07 Å². The molecule has 1 aliphatic carbocycles. The van der Waals surface area contributed by atoms with Crippen molar-refractivity contribution < 1.29 is 29.9 Å². The number of aliphatic hydroxyl groups is 4. The second-order valence-electron chi connectivity index (χ2n) is 7.76. The van der Waals surface area contributed by atoms with Gasteiger partial charge in [0.05, 0.1) is 19.3 Å². The van der Waals surface area contributed by atoms with Crippen LogP contribution in [0.2, 0.25) is 0 Å². The first-order valence-corrected chi connectivity index (χ1v) is 10.5. The second kappa shape index (κ2) is 8.67. The number of nitrogens with zero attached hydrogens (tertiary/aromatic N) is 2. The van der Waals surface area contributed by atoms with E-state index in [0.29, 0.717) is 12.2 Å². The molecule has 0 bridgehead atoms. The number of methoxy groups -OCH3 is 1. The molecule has 4 N–H and O–H groups in total. The molecule has 1 fully saturated rings. The molecule has 9 heteroatoms. The van der Waals surface area contributed by atoms with Gasteiger partial charge in [-0.3, -0.25) is 0 Å². The van der Waals surface area contributed by atoms with E-state index in [1.54, 1.807) is 11.7 Å². The minimum Gasteiger partial charge on any atom is -0.497 e. The lowest BCUT2D eigenvalue weighted by Crippen LogP contribution is -2.56. The number of aliphatic hydroxyl groups excluding tert-OH is 4. The fraction of sp³-hybridized carbons (Fsp3) is 0.455.